The number of benzene rings is 3. The van der Waals surface area contributed by atoms with Gasteiger partial charge in [-0.1, -0.05) is 53.5 Å². The Bertz CT molecular complexity index is 1910. The van der Waals surface area contributed by atoms with Crippen LogP contribution in [-0.4, -0.2) is 76.4 Å². The highest BCUT2D eigenvalue weighted by molar-refractivity contribution is 6.35. The van der Waals surface area contributed by atoms with Crippen molar-refractivity contribution in [1.29, 1.82) is 5.26 Å². The number of fused-ring (bicyclic) bond motifs is 1. The molecule has 280 valence electrons. The van der Waals surface area contributed by atoms with Gasteiger partial charge in [-0.05, 0) is 67.1 Å². The number of hydrogen-bond donors (Lipinski definition) is 6. The number of carboxylic acid groups (broad SMARTS) is 1. The molecule has 53 heavy (non-hydrogen) atoms. The van der Waals surface area contributed by atoms with Crippen LogP contribution in [-0.2, 0) is 24.4 Å². The number of aliphatic hydroxyl groups excluding tert-OH is 3. The highest BCUT2D eigenvalue weighted by Gasteiger charge is 2.29. The number of nitrogens with zero attached hydrogens (tertiary/aromatic N) is 2. The average molecular weight is 766 g/mol. The summed E-state index contributed by atoms with van der Waals surface area (Å²) in [5, 5.41) is 53.5. The van der Waals surface area contributed by atoms with Crippen molar-refractivity contribution in [2.24, 2.45) is 0 Å². The smallest absolute Gasteiger partial charge is 0.320 e. The van der Waals surface area contributed by atoms with Gasteiger partial charge in [0.2, 0.25) is 0 Å². The highest BCUT2D eigenvalue weighted by Crippen LogP contribution is 2.45. The fraction of sp³-hybridized carbons (Fsp3) is 0.359. The van der Waals surface area contributed by atoms with E-state index < -0.39 is 18.1 Å². The van der Waals surface area contributed by atoms with Crippen LogP contribution < -0.4 is 24.8 Å². The second-order valence-electron chi connectivity index (χ2n) is 12.5. The molecule has 4 aromatic rings. The van der Waals surface area contributed by atoms with Crippen LogP contribution in [0, 0.1) is 11.3 Å². The van der Waals surface area contributed by atoms with Gasteiger partial charge >= 0.3 is 5.97 Å². The number of nitriles is 1. The predicted octanol–water partition coefficient (Wildman–Crippen LogP) is 5.21. The van der Waals surface area contributed by atoms with E-state index in [9.17, 15) is 25.4 Å². The number of ether oxygens (including phenoxy) is 3. The van der Waals surface area contributed by atoms with Crippen LogP contribution in [0.4, 0.5) is 0 Å². The van der Waals surface area contributed by atoms with Gasteiger partial charge < -0.3 is 45.3 Å². The average Bonchev–Trinajstić information content (AvgIpc) is 3.58. The maximum absolute atomic E-state index is 11.7. The first kappa shape index (κ1) is 39.8. The van der Waals surface area contributed by atoms with Crippen molar-refractivity contribution in [3.05, 3.63) is 105 Å². The zero-order valence-corrected chi connectivity index (χ0v) is 30.4. The third kappa shape index (κ3) is 10.6. The summed E-state index contributed by atoms with van der Waals surface area (Å²) in [5.41, 5.74) is 5.56. The molecule has 1 heterocycles. The van der Waals surface area contributed by atoms with Crippen molar-refractivity contribution < 1.29 is 39.4 Å². The van der Waals surface area contributed by atoms with Crippen molar-refractivity contribution in [2.75, 3.05) is 32.9 Å². The molecular weight excluding hydrogens is 723 g/mol. The molecule has 1 aromatic heterocycles. The van der Waals surface area contributed by atoms with Crippen LogP contribution in [0.2, 0.25) is 10.0 Å². The number of hydrogen-bond acceptors (Lipinski definition) is 11. The zero-order chi connectivity index (χ0) is 37.7. The summed E-state index contributed by atoms with van der Waals surface area (Å²) in [7, 11) is 0. The molecule has 0 fully saturated rings. The number of halogens is 2. The van der Waals surface area contributed by atoms with Crippen molar-refractivity contribution in [3.8, 4) is 34.4 Å². The summed E-state index contributed by atoms with van der Waals surface area (Å²) in [6.07, 6.45) is 4.06. The van der Waals surface area contributed by atoms with E-state index in [1.807, 2.05) is 36.4 Å². The molecule has 1 aliphatic rings. The molecule has 0 radical (unpaired) electrons. The molecule has 14 heteroatoms. The second-order valence-corrected chi connectivity index (χ2v) is 13.3. The van der Waals surface area contributed by atoms with Crippen LogP contribution in [0.5, 0.6) is 17.2 Å². The molecule has 0 amide bonds. The number of rotatable bonds is 20. The summed E-state index contributed by atoms with van der Waals surface area (Å²) < 4.78 is 18.8. The maximum atomic E-state index is 11.7. The van der Waals surface area contributed by atoms with E-state index in [1.165, 1.54) is 6.20 Å². The molecule has 0 saturated carbocycles. The van der Waals surface area contributed by atoms with Crippen LogP contribution >= 0.6 is 23.2 Å². The minimum Gasteiger partial charge on any atom is -0.492 e. The molecule has 12 nitrogen and oxygen atoms in total. The quantitative estimate of drug-likeness (QED) is 0.0647. The summed E-state index contributed by atoms with van der Waals surface area (Å²) in [5.74, 6) is 0.267. The maximum Gasteiger partial charge on any atom is 0.320 e. The Hall–Kier alpha value is -4.45. The van der Waals surface area contributed by atoms with E-state index >= 15 is 0 Å². The Morgan fingerprint density at radius 2 is 1.85 bits per heavy atom. The van der Waals surface area contributed by atoms with Gasteiger partial charge in [-0.25, -0.2) is 0 Å². The van der Waals surface area contributed by atoms with Crippen LogP contribution in [0.1, 0.15) is 53.2 Å². The summed E-state index contributed by atoms with van der Waals surface area (Å²) >= 11 is 13.7. The Morgan fingerprint density at radius 1 is 1.04 bits per heavy atom. The Kier molecular flexibility index (Phi) is 14.7. The molecule has 3 atom stereocenters. The predicted molar refractivity (Wildman–Crippen MR) is 199 cm³/mol. The molecule has 1 unspecified atom stereocenters. The number of pyridine rings is 1. The van der Waals surface area contributed by atoms with Gasteiger partial charge in [0.05, 0.1) is 34.9 Å². The van der Waals surface area contributed by atoms with Gasteiger partial charge in [-0.15, -0.1) is 0 Å². The van der Waals surface area contributed by atoms with E-state index in [0.29, 0.717) is 76.5 Å². The molecule has 1 aliphatic carbocycles. The van der Waals surface area contributed by atoms with Gasteiger partial charge in [-0.2, -0.15) is 5.26 Å². The van der Waals surface area contributed by atoms with Crippen molar-refractivity contribution in [2.45, 2.75) is 57.1 Å². The molecule has 3 aromatic carbocycles. The van der Waals surface area contributed by atoms with Crippen LogP contribution in [0.25, 0.3) is 11.1 Å². The van der Waals surface area contributed by atoms with Crippen LogP contribution in [0.15, 0.2) is 67.0 Å². The molecule has 0 bridgehead atoms. The van der Waals surface area contributed by atoms with E-state index in [4.69, 9.17) is 42.5 Å². The monoisotopic (exact) mass is 764 g/mol. The number of aromatic nitrogens is 1. The molecule has 0 aliphatic heterocycles. The fourth-order valence-electron chi connectivity index (χ4n) is 6.09. The molecule has 0 spiro atoms. The van der Waals surface area contributed by atoms with E-state index in [1.54, 1.807) is 24.4 Å². The fourth-order valence-corrected chi connectivity index (χ4v) is 6.60. The Labute approximate surface area is 317 Å². The highest BCUT2D eigenvalue weighted by atomic mass is 35.5. The standard InChI is InChI=1S/C39H42Cl2N4O8/c40-32-15-26(20-45-33(10-12-46)39(49)50)36(52-23-25-14-24(17-42)18-44-19-25)16-37(32)53-34-9-8-29-28(4-1-5-30(29)34)31-6-2-7-35(38(31)41)51-13-3-11-43-21-27(48)22-47/h1-2,4-7,14-16,18-19,27,33-34,43,45-48H,3,8-13,20-23H2,(H,49,50)/t27-,33-,34?/m0/s1. The number of carbonyl (C=O) groups is 1. The lowest BCUT2D eigenvalue weighted by atomic mass is 9.96. The van der Waals surface area contributed by atoms with Gasteiger partial charge in [-0.3, -0.25) is 9.78 Å². The van der Waals surface area contributed by atoms with E-state index in [-0.39, 0.29) is 38.9 Å². The minimum absolute atomic E-state index is 0.0234. The number of nitrogens with one attached hydrogen (secondary N) is 2. The summed E-state index contributed by atoms with van der Waals surface area (Å²) in [6, 6.07) is 17.8. The topological polar surface area (TPSA) is 186 Å². The third-order valence-electron chi connectivity index (χ3n) is 8.77. The normalized spacial score (nSPS) is 14.6. The number of aliphatic carboxylic acids is 1. The minimum atomic E-state index is -1.09. The summed E-state index contributed by atoms with van der Waals surface area (Å²) in [6.45, 7) is 0.926. The van der Waals surface area contributed by atoms with E-state index in [0.717, 1.165) is 28.7 Å². The van der Waals surface area contributed by atoms with Crippen molar-refractivity contribution in [3.63, 3.8) is 0 Å². The largest absolute Gasteiger partial charge is 0.492 e. The van der Waals surface area contributed by atoms with Gasteiger partial charge in [0.15, 0.2) is 0 Å². The SMILES string of the molecule is N#Cc1cncc(COc2cc(OC3CCc4c(-c5cccc(OCCCNC[C@H](O)CO)c5Cl)cccc43)c(Cl)cc2CN[C@@H](CCO)C(=O)O)c1. The second kappa shape index (κ2) is 19.6. The lowest BCUT2D eigenvalue weighted by molar-refractivity contribution is -0.140. The first-order valence-corrected chi connectivity index (χ1v) is 18.0. The third-order valence-corrected chi connectivity index (χ3v) is 9.46. The van der Waals surface area contributed by atoms with Crippen molar-refractivity contribution in [1.82, 2.24) is 15.6 Å². The first-order chi connectivity index (χ1) is 25.7. The molecular formula is C39H42Cl2N4O8. The Balaban J connectivity index is 1.34. The van der Waals surface area contributed by atoms with Crippen LogP contribution in [0.3, 0.4) is 0 Å². The first-order valence-electron chi connectivity index (χ1n) is 17.3. The zero-order valence-electron chi connectivity index (χ0n) is 28.9. The molecule has 5 rings (SSSR count). The van der Waals surface area contributed by atoms with Gasteiger partial charge in [0, 0.05) is 54.8 Å². The van der Waals surface area contributed by atoms with Crippen molar-refractivity contribution >= 4 is 29.2 Å². The number of carboxylic acids is 1. The van der Waals surface area contributed by atoms with Gasteiger partial charge in [0.25, 0.3) is 0 Å². The van der Waals surface area contributed by atoms with E-state index in [2.05, 4.69) is 21.7 Å². The lowest BCUT2D eigenvalue weighted by Crippen LogP contribution is -2.37. The lowest BCUT2D eigenvalue weighted by Gasteiger charge is -2.21. The molecule has 0 saturated heterocycles. The molecule has 6 N–H and O–H groups in total. The Morgan fingerprint density at radius 3 is 2.62 bits per heavy atom. The summed E-state index contributed by atoms with van der Waals surface area (Å²) in [4.78, 5) is 15.8. The van der Waals surface area contributed by atoms with Gasteiger partial charge in [0.1, 0.15) is 42.1 Å². The number of aliphatic hydroxyl groups is 3.